The van der Waals surface area contributed by atoms with Gasteiger partial charge >= 0.3 is 5.97 Å². The average molecular weight is 304 g/mol. The highest BCUT2D eigenvalue weighted by molar-refractivity contribution is 7.71. The lowest BCUT2D eigenvalue weighted by atomic mass is 10.1. The maximum Gasteiger partial charge on any atom is 0.308 e. The van der Waals surface area contributed by atoms with Crippen LogP contribution in [0.5, 0.6) is 0 Å². The number of aromatic amines is 1. The minimum Gasteiger partial charge on any atom is -0.481 e. The SMILES string of the molecule is CC(=O)c1cccc(-n2c(=S)[nH]cc(CC(=O)O)c2=O)c1. The van der Waals surface area contributed by atoms with Crippen molar-refractivity contribution in [1.29, 1.82) is 0 Å². The monoisotopic (exact) mass is 304 g/mol. The molecule has 2 rings (SSSR count). The molecule has 0 aliphatic rings. The highest BCUT2D eigenvalue weighted by Gasteiger charge is 2.11. The summed E-state index contributed by atoms with van der Waals surface area (Å²) >= 11 is 5.08. The number of benzene rings is 1. The maximum atomic E-state index is 12.3. The van der Waals surface area contributed by atoms with Crippen molar-refractivity contribution in [3.05, 3.63) is 56.7 Å². The van der Waals surface area contributed by atoms with Crippen molar-refractivity contribution in [2.75, 3.05) is 0 Å². The molecule has 0 atom stereocenters. The van der Waals surface area contributed by atoms with Gasteiger partial charge in [-0.2, -0.15) is 0 Å². The molecule has 108 valence electrons. The number of nitrogens with one attached hydrogen (secondary N) is 1. The first kappa shape index (κ1) is 14.9. The molecule has 0 amide bonds. The number of aromatic nitrogens is 2. The van der Waals surface area contributed by atoms with Crippen molar-refractivity contribution in [1.82, 2.24) is 9.55 Å². The number of aliphatic carboxylic acids is 1. The Balaban J connectivity index is 2.66. The van der Waals surface area contributed by atoms with Crippen molar-refractivity contribution in [2.45, 2.75) is 13.3 Å². The van der Waals surface area contributed by atoms with Gasteiger partial charge in [-0.1, -0.05) is 12.1 Å². The van der Waals surface area contributed by atoms with Crippen molar-refractivity contribution >= 4 is 24.0 Å². The van der Waals surface area contributed by atoms with Crippen LogP contribution >= 0.6 is 12.2 Å². The van der Waals surface area contributed by atoms with E-state index in [0.717, 1.165) is 0 Å². The largest absolute Gasteiger partial charge is 0.481 e. The van der Waals surface area contributed by atoms with Crippen LogP contribution in [0.1, 0.15) is 22.8 Å². The fraction of sp³-hybridized carbons (Fsp3) is 0.143. The molecule has 0 spiro atoms. The smallest absolute Gasteiger partial charge is 0.308 e. The number of H-pyrrole nitrogens is 1. The molecule has 0 bridgehead atoms. The van der Waals surface area contributed by atoms with Crippen LogP contribution in [0.15, 0.2) is 35.3 Å². The number of hydrogen-bond donors (Lipinski definition) is 2. The van der Waals surface area contributed by atoms with Crippen molar-refractivity contribution < 1.29 is 14.7 Å². The molecule has 1 aromatic heterocycles. The first-order valence-corrected chi connectivity index (χ1v) is 6.47. The van der Waals surface area contributed by atoms with E-state index in [1.165, 1.54) is 23.8 Å². The van der Waals surface area contributed by atoms with E-state index >= 15 is 0 Å². The van der Waals surface area contributed by atoms with Crippen LogP contribution in [-0.4, -0.2) is 26.4 Å². The second-order valence-electron chi connectivity index (χ2n) is 4.44. The second kappa shape index (κ2) is 5.84. The quantitative estimate of drug-likeness (QED) is 0.663. The molecular formula is C14H12N2O4S. The summed E-state index contributed by atoms with van der Waals surface area (Å²) in [7, 11) is 0. The molecule has 2 aromatic rings. The number of carbonyl (C=O) groups excluding carboxylic acids is 1. The Morgan fingerprint density at radius 2 is 2.10 bits per heavy atom. The molecule has 0 radical (unpaired) electrons. The molecule has 0 unspecified atom stereocenters. The van der Waals surface area contributed by atoms with E-state index in [1.807, 2.05) is 0 Å². The van der Waals surface area contributed by atoms with Crippen LogP contribution in [0, 0.1) is 4.77 Å². The molecule has 7 heteroatoms. The molecule has 0 saturated carbocycles. The number of carboxylic acid groups (broad SMARTS) is 1. The molecule has 0 fully saturated rings. The number of carbonyl (C=O) groups is 2. The van der Waals surface area contributed by atoms with Gasteiger partial charge < -0.3 is 10.1 Å². The van der Waals surface area contributed by atoms with Gasteiger partial charge in [-0.05, 0) is 31.3 Å². The summed E-state index contributed by atoms with van der Waals surface area (Å²) in [6.45, 7) is 1.42. The van der Waals surface area contributed by atoms with Gasteiger partial charge in [0.2, 0.25) is 0 Å². The fourth-order valence-corrected chi connectivity index (χ4v) is 2.15. The summed E-state index contributed by atoms with van der Waals surface area (Å²) in [5, 5.41) is 8.81. The maximum absolute atomic E-state index is 12.3. The number of nitrogens with zero attached hydrogens (tertiary/aromatic N) is 1. The zero-order valence-electron chi connectivity index (χ0n) is 11.1. The standard InChI is InChI=1S/C14H12N2O4S/c1-8(17)9-3-2-4-11(5-9)16-13(20)10(6-12(18)19)7-15-14(16)21/h2-5,7H,6H2,1H3,(H,15,21)(H,18,19). The molecule has 1 aromatic carbocycles. The molecule has 0 aliphatic carbocycles. The minimum absolute atomic E-state index is 0.0873. The van der Waals surface area contributed by atoms with Gasteiger partial charge in [-0.3, -0.25) is 19.0 Å². The predicted molar refractivity (Wildman–Crippen MR) is 78.6 cm³/mol. The molecule has 0 saturated heterocycles. The highest BCUT2D eigenvalue weighted by Crippen LogP contribution is 2.10. The molecule has 1 heterocycles. The fourth-order valence-electron chi connectivity index (χ4n) is 1.90. The molecule has 0 aliphatic heterocycles. The third-order valence-electron chi connectivity index (χ3n) is 2.90. The Morgan fingerprint density at radius 1 is 1.38 bits per heavy atom. The van der Waals surface area contributed by atoms with Gasteiger partial charge in [0.25, 0.3) is 5.56 Å². The number of carboxylic acids is 1. The van der Waals surface area contributed by atoms with Crippen LogP contribution in [0.3, 0.4) is 0 Å². The first-order valence-electron chi connectivity index (χ1n) is 6.07. The van der Waals surface area contributed by atoms with Gasteiger partial charge in [0.05, 0.1) is 12.1 Å². The van der Waals surface area contributed by atoms with Gasteiger partial charge in [0, 0.05) is 17.3 Å². The Hall–Kier alpha value is -2.54. The first-order chi connectivity index (χ1) is 9.90. The zero-order valence-corrected chi connectivity index (χ0v) is 11.9. The van der Waals surface area contributed by atoms with Crippen LogP contribution < -0.4 is 5.56 Å². The lowest BCUT2D eigenvalue weighted by molar-refractivity contribution is -0.136. The van der Waals surface area contributed by atoms with Gasteiger partial charge in [0.1, 0.15) is 0 Å². The van der Waals surface area contributed by atoms with Crippen LogP contribution in [-0.2, 0) is 11.2 Å². The van der Waals surface area contributed by atoms with E-state index in [2.05, 4.69) is 4.98 Å². The van der Waals surface area contributed by atoms with Crippen molar-refractivity contribution in [3.63, 3.8) is 0 Å². The topological polar surface area (TPSA) is 92.2 Å². The Kier molecular flexibility index (Phi) is 4.13. The van der Waals surface area contributed by atoms with E-state index in [1.54, 1.807) is 18.2 Å². The lowest BCUT2D eigenvalue weighted by Gasteiger charge is -2.08. The summed E-state index contributed by atoms with van der Waals surface area (Å²) in [4.78, 5) is 37.2. The Morgan fingerprint density at radius 3 is 2.71 bits per heavy atom. The molecule has 6 nitrogen and oxygen atoms in total. The number of hydrogen-bond acceptors (Lipinski definition) is 4. The van der Waals surface area contributed by atoms with Crippen molar-refractivity contribution in [2.24, 2.45) is 0 Å². The number of rotatable bonds is 4. The molecule has 2 N–H and O–H groups in total. The molecule has 21 heavy (non-hydrogen) atoms. The van der Waals surface area contributed by atoms with Crippen LogP contribution in [0.25, 0.3) is 5.69 Å². The summed E-state index contributed by atoms with van der Waals surface area (Å²) in [6.07, 6.45) is 0.890. The normalized spacial score (nSPS) is 10.3. The molecular weight excluding hydrogens is 292 g/mol. The Bertz CT molecular complexity index is 835. The van der Waals surface area contributed by atoms with E-state index < -0.39 is 17.9 Å². The van der Waals surface area contributed by atoms with E-state index in [9.17, 15) is 14.4 Å². The van der Waals surface area contributed by atoms with E-state index in [-0.39, 0.29) is 16.1 Å². The highest BCUT2D eigenvalue weighted by atomic mass is 32.1. The third-order valence-corrected chi connectivity index (χ3v) is 3.20. The average Bonchev–Trinajstić information content (AvgIpc) is 2.42. The third kappa shape index (κ3) is 3.14. The Labute approximate surface area is 124 Å². The number of ketones is 1. The minimum atomic E-state index is -1.11. The zero-order chi connectivity index (χ0) is 15.6. The van der Waals surface area contributed by atoms with Crippen molar-refractivity contribution in [3.8, 4) is 5.69 Å². The summed E-state index contributed by atoms with van der Waals surface area (Å²) in [5.74, 6) is -1.25. The van der Waals surface area contributed by atoms with Crippen LogP contribution in [0.4, 0.5) is 0 Å². The van der Waals surface area contributed by atoms with Gasteiger partial charge in [-0.15, -0.1) is 0 Å². The van der Waals surface area contributed by atoms with E-state index in [4.69, 9.17) is 17.3 Å². The summed E-state index contributed by atoms with van der Waals surface area (Å²) in [5.41, 5.74) is 0.435. The van der Waals surface area contributed by atoms with Gasteiger partial charge in [0.15, 0.2) is 10.6 Å². The van der Waals surface area contributed by atoms with Crippen LogP contribution in [0.2, 0.25) is 0 Å². The number of Topliss-reactive ketones (excluding diaryl/α,β-unsaturated/α-hetero) is 1. The second-order valence-corrected chi connectivity index (χ2v) is 4.82. The van der Waals surface area contributed by atoms with Gasteiger partial charge in [-0.25, -0.2) is 0 Å². The predicted octanol–water partition coefficient (Wildman–Crippen LogP) is 1.72. The summed E-state index contributed by atoms with van der Waals surface area (Å²) in [6, 6.07) is 6.43. The summed E-state index contributed by atoms with van der Waals surface area (Å²) < 4.78 is 1.31. The lowest BCUT2D eigenvalue weighted by Crippen LogP contribution is -2.25. The van der Waals surface area contributed by atoms with E-state index in [0.29, 0.717) is 11.3 Å².